The Balaban J connectivity index is 1.86. The highest BCUT2D eigenvalue weighted by atomic mass is 16.5. The summed E-state index contributed by atoms with van der Waals surface area (Å²) in [6, 6.07) is 1.88. The van der Waals surface area contributed by atoms with Crippen LogP contribution in [0, 0.1) is 0 Å². The molecular weight excluding hydrogens is 246 g/mol. The summed E-state index contributed by atoms with van der Waals surface area (Å²) < 4.78 is 5.20. The predicted molar refractivity (Wildman–Crippen MR) is 68.2 cm³/mol. The van der Waals surface area contributed by atoms with Gasteiger partial charge in [-0.05, 0) is 26.7 Å². The van der Waals surface area contributed by atoms with Gasteiger partial charge < -0.3 is 15.2 Å². The fourth-order valence-electron chi connectivity index (χ4n) is 1.86. The van der Waals surface area contributed by atoms with Crippen LogP contribution >= 0.6 is 0 Å². The molecule has 0 radical (unpaired) electrons. The molecule has 1 aromatic heterocycles. The van der Waals surface area contributed by atoms with Crippen LogP contribution in [0.25, 0.3) is 0 Å². The van der Waals surface area contributed by atoms with Gasteiger partial charge in [-0.2, -0.15) is 0 Å². The summed E-state index contributed by atoms with van der Waals surface area (Å²) in [5.41, 5.74) is -0.233. The molecule has 1 aromatic rings. The van der Waals surface area contributed by atoms with Crippen LogP contribution in [0.1, 0.15) is 51.0 Å². The van der Waals surface area contributed by atoms with Gasteiger partial charge in [-0.3, -0.25) is 9.59 Å². The molecule has 2 N–H and O–H groups in total. The molecule has 0 bridgehead atoms. The molecule has 1 heterocycles. The Morgan fingerprint density at radius 1 is 1.47 bits per heavy atom. The third kappa shape index (κ3) is 3.56. The lowest BCUT2D eigenvalue weighted by Gasteiger charge is -2.24. The van der Waals surface area contributed by atoms with Crippen LogP contribution in [-0.4, -0.2) is 22.5 Å². The predicted octanol–water partition coefficient (Wildman–Crippen LogP) is 1.08. The first-order valence-corrected chi connectivity index (χ1v) is 6.41. The highest BCUT2D eigenvalue weighted by Crippen LogP contribution is 2.40. The second-order valence-corrected chi connectivity index (χ2v) is 5.48. The Labute approximate surface area is 111 Å². The van der Waals surface area contributed by atoms with Crippen molar-refractivity contribution < 1.29 is 14.1 Å². The van der Waals surface area contributed by atoms with E-state index in [1.54, 1.807) is 13.8 Å². The molecule has 1 aliphatic rings. The van der Waals surface area contributed by atoms with Crippen molar-refractivity contribution in [2.24, 2.45) is 0 Å². The van der Waals surface area contributed by atoms with E-state index in [-0.39, 0.29) is 11.8 Å². The quantitative estimate of drug-likeness (QED) is 0.834. The first kappa shape index (κ1) is 13.6. The number of rotatable bonds is 5. The number of nitrogens with zero attached hydrogens (tertiary/aromatic N) is 1. The summed E-state index contributed by atoms with van der Waals surface area (Å²) in [5, 5.41) is 9.25. The Morgan fingerprint density at radius 2 is 2.16 bits per heavy atom. The largest absolute Gasteiger partial charge is 0.361 e. The Morgan fingerprint density at radius 3 is 2.74 bits per heavy atom. The van der Waals surface area contributed by atoms with E-state index in [1.807, 2.05) is 6.07 Å². The van der Waals surface area contributed by atoms with Crippen molar-refractivity contribution >= 4 is 11.8 Å². The zero-order valence-electron chi connectivity index (χ0n) is 11.4. The van der Waals surface area contributed by atoms with E-state index in [2.05, 4.69) is 15.8 Å². The second-order valence-electron chi connectivity index (χ2n) is 5.48. The molecule has 0 aromatic carbocycles. The molecule has 0 unspecified atom stereocenters. The van der Waals surface area contributed by atoms with Gasteiger partial charge >= 0.3 is 0 Å². The number of carbonyl (C=O) groups is 2. The van der Waals surface area contributed by atoms with Gasteiger partial charge in [-0.25, -0.2) is 0 Å². The molecule has 1 saturated carbocycles. The number of carbonyl (C=O) groups excluding carboxylic acids is 2. The summed E-state index contributed by atoms with van der Waals surface area (Å²) in [6.07, 6.45) is 2.30. The minimum Gasteiger partial charge on any atom is -0.361 e. The SMILES string of the molecule is CC(=O)NC(C)(C)C(=O)NCc1cc(C2CC2)on1. The maximum atomic E-state index is 11.9. The summed E-state index contributed by atoms with van der Waals surface area (Å²) in [5.74, 6) is 0.911. The zero-order valence-corrected chi connectivity index (χ0v) is 11.4. The van der Waals surface area contributed by atoms with Gasteiger partial charge in [0.2, 0.25) is 11.8 Å². The lowest BCUT2D eigenvalue weighted by molar-refractivity contribution is -0.131. The van der Waals surface area contributed by atoms with Crippen LogP contribution in [0.3, 0.4) is 0 Å². The van der Waals surface area contributed by atoms with Gasteiger partial charge in [0.1, 0.15) is 17.0 Å². The van der Waals surface area contributed by atoms with Gasteiger partial charge in [-0.15, -0.1) is 0 Å². The Bertz CT molecular complexity index is 489. The van der Waals surface area contributed by atoms with Crippen LogP contribution in [0.15, 0.2) is 10.6 Å². The Hall–Kier alpha value is -1.85. The molecule has 0 saturated heterocycles. The molecule has 0 atom stereocenters. The van der Waals surface area contributed by atoms with Gasteiger partial charge in [0.25, 0.3) is 0 Å². The standard InChI is InChI=1S/C13H19N3O3/c1-8(17)15-13(2,3)12(18)14-7-10-6-11(19-16-10)9-4-5-9/h6,9H,4-5,7H2,1-3H3,(H,14,18)(H,15,17). The van der Waals surface area contributed by atoms with Gasteiger partial charge in [0.15, 0.2) is 0 Å². The lowest BCUT2D eigenvalue weighted by Crippen LogP contribution is -2.54. The number of nitrogens with one attached hydrogen (secondary N) is 2. The van der Waals surface area contributed by atoms with E-state index in [4.69, 9.17) is 4.52 Å². The van der Waals surface area contributed by atoms with Crippen LogP contribution in [0.2, 0.25) is 0 Å². The molecule has 2 amide bonds. The lowest BCUT2D eigenvalue weighted by atomic mass is 10.0. The first-order valence-electron chi connectivity index (χ1n) is 6.41. The van der Waals surface area contributed by atoms with Gasteiger partial charge in [0, 0.05) is 18.9 Å². The smallest absolute Gasteiger partial charge is 0.245 e. The average Bonchev–Trinajstić information content (AvgIpc) is 3.04. The number of amides is 2. The summed E-state index contributed by atoms with van der Waals surface area (Å²) in [4.78, 5) is 22.9. The molecule has 104 valence electrons. The highest BCUT2D eigenvalue weighted by molar-refractivity contribution is 5.89. The van der Waals surface area contributed by atoms with Crippen LogP contribution < -0.4 is 10.6 Å². The average molecular weight is 265 g/mol. The molecule has 1 fully saturated rings. The fourth-order valence-corrected chi connectivity index (χ4v) is 1.86. The normalized spacial score (nSPS) is 15.1. The number of hydrogen-bond donors (Lipinski definition) is 2. The maximum Gasteiger partial charge on any atom is 0.245 e. The van der Waals surface area contributed by atoms with Gasteiger partial charge in [-0.1, -0.05) is 5.16 Å². The topological polar surface area (TPSA) is 84.2 Å². The first-order chi connectivity index (χ1) is 8.88. The number of hydrogen-bond acceptors (Lipinski definition) is 4. The summed E-state index contributed by atoms with van der Waals surface area (Å²) >= 11 is 0. The van der Waals surface area contributed by atoms with Crippen LogP contribution in [0.4, 0.5) is 0 Å². The minimum absolute atomic E-state index is 0.238. The van der Waals surface area contributed by atoms with E-state index >= 15 is 0 Å². The number of aromatic nitrogens is 1. The van der Waals surface area contributed by atoms with Gasteiger partial charge in [0.05, 0.1) is 6.54 Å². The van der Waals surface area contributed by atoms with Crippen molar-refractivity contribution in [1.82, 2.24) is 15.8 Å². The molecule has 0 aliphatic heterocycles. The summed E-state index contributed by atoms with van der Waals surface area (Å²) in [7, 11) is 0. The summed E-state index contributed by atoms with van der Waals surface area (Å²) in [6.45, 7) is 5.00. The van der Waals surface area contributed by atoms with Crippen molar-refractivity contribution in [2.75, 3.05) is 0 Å². The molecular formula is C13H19N3O3. The molecule has 1 aliphatic carbocycles. The molecule has 19 heavy (non-hydrogen) atoms. The van der Waals surface area contributed by atoms with Crippen molar-refractivity contribution in [3.63, 3.8) is 0 Å². The Kier molecular flexibility index (Phi) is 3.59. The van der Waals surface area contributed by atoms with Crippen molar-refractivity contribution in [1.29, 1.82) is 0 Å². The highest BCUT2D eigenvalue weighted by Gasteiger charge is 2.29. The minimum atomic E-state index is -0.936. The van der Waals surface area contributed by atoms with E-state index in [9.17, 15) is 9.59 Å². The van der Waals surface area contributed by atoms with Crippen LogP contribution in [-0.2, 0) is 16.1 Å². The zero-order chi connectivity index (χ0) is 14.0. The molecule has 6 nitrogen and oxygen atoms in total. The van der Waals surface area contributed by atoms with Crippen molar-refractivity contribution in [2.45, 2.75) is 51.6 Å². The monoisotopic (exact) mass is 265 g/mol. The van der Waals surface area contributed by atoms with E-state index in [0.717, 1.165) is 18.6 Å². The van der Waals surface area contributed by atoms with Crippen LogP contribution in [0.5, 0.6) is 0 Å². The van der Waals surface area contributed by atoms with Crippen molar-refractivity contribution in [3.8, 4) is 0 Å². The maximum absolute atomic E-state index is 11.9. The molecule has 2 rings (SSSR count). The second kappa shape index (κ2) is 5.03. The fraction of sp³-hybridized carbons (Fsp3) is 0.615. The van der Waals surface area contributed by atoms with Crippen molar-refractivity contribution in [3.05, 3.63) is 17.5 Å². The van der Waals surface area contributed by atoms with E-state index in [0.29, 0.717) is 18.2 Å². The third-order valence-corrected chi connectivity index (χ3v) is 3.04. The van der Waals surface area contributed by atoms with E-state index < -0.39 is 5.54 Å². The third-order valence-electron chi connectivity index (χ3n) is 3.04. The molecule has 6 heteroatoms. The van der Waals surface area contributed by atoms with E-state index in [1.165, 1.54) is 6.92 Å². The molecule has 0 spiro atoms.